The minimum absolute atomic E-state index is 0.260. The molecule has 0 bridgehead atoms. The van der Waals surface area contributed by atoms with E-state index in [1.807, 2.05) is 31.2 Å². The van der Waals surface area contributed by atoms with Gasteiger partial charge in [0.25, 0.3) is 0 Å². The molecule has 0 amide bonds. The third kappa shape index (κ3) is 3.07. The van der Waals surface area contributed by atoms with Gasteiger partial charge in [-0.2, -0.15) is 0 Å². The van der Waals surface area contributed by atoms with E-state index in [-0.39, 0.29) is 5.90 Å². The van der Waals surface area contributed by atoms with Gasteiger partial charge in [0.05, 0.1) is 6.61 Å². The molecule has 1 aromatic rings. The summed E-state index contributed by atoms with van der Waals surface area (Å²) in [5.74, 6) is 0.260. The number of hydrogen-bond donors (Lipinski definition) is 1. The maximum Gasteiger partial charge on any atom is 0.184 e. The van der Waals surface area contributed by atoms with Crippen LogP contribution in [-0.4, -0.2) is 12.5 Å². The molecule has 0 heterocycles. The van der Waals surface area contributed by atoms with Crippen LogP contribution < -0.4 is 0 Å². The number of rotatable bonds is 3. The van der Waals surface area contributed by atoms with Gasteiger partial charge < -0.3 is 4.74 Å². The van der Waals surface area contributed by atoms with Gasteiger partial charge in [0, 0.05) is 11.4 Å². The Morgan fingerprint density at radius 1 is 1.46 bits per heavy atom. The van der Waals surface area contributed by atoms with E-state index in [0.717, 1.165) is 5.56 Å². The molecule has 0 aliphatic heterocycles. The lowest BCUT2D eigenvalue weighted by Crippen LogP contribution is -2.06. The van der Waals surface area contributed by atoms with Crippen LogP contribution in [0.3, 0.4) is 0 Å². The van der Waals surface area contributed by atoms with E-state index in [1.54, 1.807) is 0 Å². The highest BCUT2D eigenvalue weighted by Gasteiger charge is 2.02. The smallest absolute Gasteiger partial charge is 0.184 e. The first-order valence-corrected chi connectivity index (χ1v) is 4.55. The van der Waals surface area contributed by atoms with Crippen molar-refractivity contribution in [2.75, 3.05) is 6.61 Å². The topological polar surface area (TPSA) is 33.1 Å². The third-order valence-corrected chi connectivity index (χ3v) is 2.00. The van der Waals surface area contributed by atoms with E-state index in [4.69, 9.17) is 21.7 Å². The summed E-state index contributed by atoms with van der Waals surface area (Å²) < 4.78 is 5.03. The maximum atomic E-state index is 7.44. The maximum absolute atomic E-state index is 7.44. The molecule has 0 fully saturated rings. The van der Waals surface area contributed by atoms with Gasteiger partial charge in [0.1, 0.15) is 0 Å². The molecule has 1 aromatic carbocycles. The normalized spacial score (nSPS) is 9.69. The highest BCUT2D eigenvalue weighted by Crippen LogP contribution is 2.15. The average molecular weight is 198 g/mol. The Labute approximate surface area is 83.0 Å². The van der Waals surface area contributed by atoms with E-state index < -0.39 is 0 Å². The van der Waals surface area contributed by atoms with E-state index in [1.165, 1.54) is 0 Å². The predicted octanol–water partition coefficient (Wildman–Crippen LogP) is 2.90. The summed E-state index contributed by atoms with van der Waals surface area (Å²) in [6, 6.07) is 7.49. The van der Waals surface area contributed by atoms with Gasteiger partial charge in [-0.25, -0.2) is 0 Å². The largest absolute Gasteiger partial charge is 0.481 e. The zero-order chi connectivity index (χ0) is 9.68. The number of hydrogen-bond acceptors (Lipinski definition) is 2. The summed E-state index contributed by atoms with van der Waals surface area (Å²) in [5.41, 5.74) is 0.933. The van der Waals surface area contributed by atoms with Crippen molar-refractivity contribution in [1.29, 1.82) is 5.41 Å². The van der Waals surface area contributed by atoms with Crippen molar-refractivity contribution in [1.82, 2.24) is 0 Å². The predicted molar refractivity (Wildman–Crippen MR) is 54.5 cm³/mol. The van der Waals surface area contributed by atoms with Crippen LogP contribution in [0.5, 0.6) is 0 Å². The molecule has 0 saturated heterocycles. The summed E-state index contributed by atoms with van der Waals surface area (Å²) in [5, 5.41) is 8.13. The first-order chi connectivity index (χ1) is 6.24. The number of halogens is 1. The van der Waals surface area contributed by atoms with Gasteiger partial charge >= 0.3 is 0 Å². The summed E-state index contributed by atoms with van der Waals surface area (Å²) in [7, 11) is 0. The summed E-state index contributed by atoms with van der Waals surface area (Å²) in [4.78, 5) is 0. The molecule has 0 aromatic heterocycles. The molecule has 0 unspecified atom stereocenters. The van der Waals surface area contributed by atoms with Gasteiger partial charge in [-0.3, -0.25) is 5.41 Å². The number of nitrogens with one attached hydrogen (secondary N) is 1. The molecule has 2 nitrogen and oxygen atoms in total. The molecule has 1 N–H and O–H groups in total. The molecular weight excluding hydrogens is 186 g/mol. The van der Waals surface area contributed by atoms with Crippen molar-refractivity contribution < 1.29 is 4.74 Å². The second-order valence-corrected chi connectivity index (χ2v) is 3.03. The van der Waals surface area contributed by atoms with Crippen LogP contribution in [0.15, 0.2) is 24.3 Å². The molecule has 13 heavy (non-hydrogen) atoms. The second kappa shape index (κ2) is 4.87. The number of benzene rings is 1. The Morgan fingerprint density at radius 2 is 2.15 bits per heavy atom. The Hall–Kier alpha value is -1.02. The van der Waals surface area contributed by atoms with Gasteiger partial charge in [0.15, 0.2) is 5.90 Å². The van der Waals surface area contributed by atoms with Crippen LogP contribution in [0.2, 0.25) is 5.02 Å². The molecule has 0 atom stereocenters. The van der Waals surface area contributed by atoms with Crippen LogP contribution in [-0.2, 0) is 11.2 Å². The quantitative estimate of drug-likeness (QED) is 0.587. The molecular formula is C10H12ClNO. The highest BCUT2D eigenvalue weighted by atomic mass is 35.5. The zero-order valence-electron chi connectivity index (χ0n) is 7.51. The molecule has 70 valence electrons. The van der Waals surface area contributed by atoms with Crippen molar-refractivity contribution in [2.45, 2.75) is 13.3 Å². The lowest BCUT2D eigenvalue weighted by atomic mass is 10.1. The Morgan fingerprint density at radius 3 is 2.77 bits per heavy atom. The van der Waals surface area contributed by atoms with Crippen molar-refractivity contribution in [3.05, 3.63) is 34.9 Å². The first-order valence-electron chi connectivity index (χ1n) is 4.17. The summed E-state index contributed by atoms with van der Waals surface area (Å²) in [6.45, 7) is 2.39. The van der Waals surface area contributed by atoms with E-state index in [0.29, 0.717) is 18.1 Å². The molecule has 3 heteroatoms. The van der Waals surface area contributed by atoms with Crippen LogP contribution in [0.25, 0.3) is 0 Å². The lowest BCUT2D eigenvalue weighted by molar-refractivity contribution is 0.317. The van der Waals surface area contributed by atoms with Crippen LogP contribution in [0.4, 0.5) is 0 Å². The molecule has 1 rings (SSSR count). The van der Waals surface area contributed by atoms with Crippen LogP contribution in [0.1, 0.15) is 12.5 Å². The molecule has 0 radical (unpaired) electrons. The standard InChI is InChI=1S/C10H12ClNO/c1-2-13-10(12)7-8-5-3-4-6-9(8)11/h3-6,12H,2,7H2,1H3. The number of ether oxygens (including phenoxy) is 1. The van der Waals surface area contributed by atoms with Gasteiger partial charge in [-0.05, 0) is 18.6 Å². The molecule has 0 saturated carbocycles. The SMILES string of the molecule is CCOC(=N)Cc1ccccc1Cl. The fraction of sp³-hybridized carbons (Fsp3) is 0.300. The summed E-state index contributed by atoms with van der Waals surface area (Å²) >= 11 is 5.92. The van der Waals surface area contributed by atoms with Gasteiger partial charge in [-0.15, -0.1) is 0 Å². The van der Waals surface area contributed by atoms with Gasteiger partial charge in [0.2, 0.25) is 0 Å². The lowest BCUT2D eigenvalue weighted by Gasteiger charge is -2.05. The monoisotopic (exact) mass is 197 g/mol. The fourth-order valence-electron chi connectivity index (χ4n) is 1.04. The molecule has 0 aliphatic rings. The van der Waals surface area contributed by atoms with Gasteiger partial charge in [-0.1, -0.05) is 29.8 Å². The second-order valence-electron chi connectivity index (χ2n) is 2.62. The Bertz CT molecular complexity index is 299. The van der Waals surface area contributed by atoms with Crippen LogP contribution >= 0.6 is 11.6 Å². The average Bonchev–Trinajstić information content (AvgIpc) is 2.09. The van der Waals surface area contributed by atoms with E-state index in [9.17, 15) is 0 Å². The van der Waals surface area contributed by atoms with Crippen molar-refractivity contribution in [3.63, 3.8) is 0 Å². The first kappa shape index (κ1) is 10.1. The minimum Gasteiger partial charge on any atom is -0.481 e. The van der Waals surface area contributed by atoms with Crippen LogP contribution in [0, 0.1) is 5.41 Å². The highest BCUT2D eigenvalue weighted by molar-refractivity contribution is 6.31. The fourth-order valence-corrected chi connectivity index (χ4v) is 1.24. The molecule has 0 aliphatic carbocycles. The van der Waals surface area contributed by atoms with Crippen molar-refractivity contribution in [3.8, 4) is 0 Å². The molecule has 0 spiro atoms. The zero-order valence-corrected chi connectivity index (χ0v) is 8.27. The van der Waals surface area contributed by atoms with Crippen molar-refractivity contribution >= 4 is 17.5 Å². The third-order valence-electron chi connectivity index (χ3n) is 1.63. The van der Waals surface area contributed by atoms with E-state index in [2.05, 4.69) is 0 Å². The van der Waals surface area contributed by atoms with Crippen molar-refractivity contribution in [2.24, 2.45) is 0 Å². The van der Waals surface area contributed by atoms with E-state index >= 15 is 0 Å². The minimum atomic E-state index is 0.260. The summed E-state index contributed by atoms with van der Waals surface area (Å²) in [6.07, 6.45) is 0.466. The Balaban J connectivity index is 2.63. The Kier molecular flexibility index (Phi) is 3.77.